The van der Waals surface area contributed by atoms with E-state index >= 15 is 0 Å². The first-order chi connectivity index (χ1) is 8.75. The Hall–Kier alpha value is -1.43. The Kier molecular flexibility index (Phi) is 5.05. The average molecular weight is 286 g/mol. The van der Waals surface area contributed by atoms with Crippen molar-refractivity contribution < 1.29 is 13.4 Å². The second-order valence-electron chi connectivity index (χ2n) is 4.96. The molecule has 0 radical (unpaired) electrons. The predicted octanol–water partition coefficient (Wildman–Crippen LogP) is 1.82. The fraction of sp³-hybridized carbons (Fsp3) is 0.462. The monoisotopic (exact) mass is 286 g/mol. The summed E-state index contributed by atoms with van der Waals surface area (Å²) in [5, 5.41) is 2.79. The minimum atomic E-state index is -1.57. The molecule has 0 aromatic heterocycles. The highest BCUT2D eigenvalue weighted by atomic mass is 32.2. The van der Waals surface area contributed by atoms with Crippen LogP contribution in [0.5, 0.6) is 0 Å². The van der Waals surface area contributed by atoms with Gasteiger partial charge in [-0.2, -0.15) is 0 Å². The number of nitrogens with one attached hydrogen (secondary N) is 1. The van der Waals surface area contributed by atoms with Crippen molar-refractivity contribution in [1.29, 1.82) is 0 Å². The fourth-order valence-electron chi connectivity index (χ4n) is 1.43. The average Bonchev–Trinajstić information content (AvgIpc) is 2.27. The first-order valence-corrected chi connectivity index (χ1v) is 7.31. The molecule has 106 valence electrons. The Morgan fingerprint density at radius 1 is 1.47 bits per heavy atom. The molecule has 1 atom stereocenters. The van der Waals surface area contributed by atoms with E-state index in [1.807, 2.05) is 20.8 Å². The van der Waals surface area contributed by atoms with Crippen LogP contribution in [0.4, 0.5) is 10.1 Å². The number of nitrogens with two attached hydrogens (primary N) is 1. The summed E-state index contributed by atoms with van der Waals surface area (Å²) in [6, 6.07) is 3.62. The van der Waals surface area contributed by atoms with Crippen LogP contribution < -0.4 is 11.1 Å². The zero-order valence-electron chi connectivity index (χ0n) is 11.3. The molecule has 6 heteroatoms. The van der Waals surface area contributed by atoms with Gasteiger partial charge in [-0.25, -0.2) is 4.39 Å². The lowest BCUT2D eigenvalue weighted by Crippen LogP contribution is -2.44. The van der Waals surface area contributed by atoms with E-state index in [0.717, 1.165) is 12.5 Å². The van der Waals surface area contributed by atoms with Gasteiger partial charge in [0, 0.05) is 5.54 Å². The molecule has 1 aromatic carbocycles. The molecule has 0 saturated carbocycles. The molecule has 0 aliphatic rings. The number of nitrogen functional groups attached to an aromatic ring is 1. The quantitative estimate of drug-likeness (QED) is 0.811. The first-order valence-electron chi connectivity index (χ1n) is 5.99. The van der Waals surface area contributed by atoms with Gasteiger partial charge in [0.1, 0.15) is 11.6 Å². The second kappa shape index (κ2) is 6.14. The molecule has 0 fully saturated rings. The van der Waals surface area contributed by atoms with Crippen LogP contribution in [0.3, 0.4) is 0 Å². The number of hydrogen-bond donors (Lipinski definition) is 2. The van der Waals surface area contributed by atoms with Crippen LogP contribution in [-0.2, 0) is 15.6 Å². The first kappa shape index (κ1) is 15.6. The van der Waals surface area contributed by atoms with E-state index in [4.69, 9.17) is 5.73 Å². The Labute approximate surface area is 115 Å². The molecule has 1 unspecified atom stereocenters. The summed E-state index contributed by atoms with van der Waals surface area (Å²) in [5.74, 6) is -0.983. The molecule has 19 heavy (non-hydrogen) atoms. The van der Waals surface area contributed by atoms with Gasteiger partial charge in [-0.3, -0.25) is 9.00 Å². The van der Waals surface area contributed by atoms with E-state index in [0.29, 0.717) is 0 Å². The highest BCUT2D eigenvalue weighted by molar-refractivity contribution is 7.86. The number of anilines is 1. The maximum atomic E-state index is 12.9. The van der Waals surface area contributed by atoms with Crippen molar-refractivity contribution in [2.75, 3.05) is 11.5 Å². The van der Waals surface area contributed by atoms with Crippen molar-refractivity contribution in [3.63, 3.8) is 0 Å². The van der Waals surface area contributed by atoms with Gasteiger partial charge in [-0.15, -0.1) is 0 Å². The molecule has 0 saturated heterocycles. The summed E-state index contributed by atoms with van der Waals surface area (Å²) in [4.78, 5) is 12.0. The van der Waals surface area contributed by atoms with Crippen molar-refractivity contribution in [3.05, 3.63) is 24.0 Å². The lowest BCUT2D eigenvalue weighted by Gasteiger charge is -2.24. The highest BCUT2D eigenvalue weighted by Gasteiger charge is 2.20. The summed E-state index contributed by atoms with van der Waals surface area (Å²) in [6.07, 6.45) is 0.768. The van der Waals surface area contributed by atoms with Crippen molar-refractivity contribution in [2.45, 2.75) is 37.6 Å². The molecule has 4 nitrogen and oxygen atoms in total. The Bertz CT molecular complexity index is 503. The van der Waals surface area contributed by atoms with Gasteiger partial charge in [0.2, 0.25) is 5.91 Å². The van der Waals surface area contributed by atoms with E-state index < -0.39 is 16.6 Å². The third-order valence-electron chi connectivity index (χ3n) is 2.84. The lowest BCUT2D eigenvalue weighted by molar-refractivity contribution is -0.120. The van der Waals surface area contributed by atoms with E-state index in [1.165, 1.54) is 12.1 Å². The number of halogens is 1. The van der Waals surface area contributed by atoms with Gasteiger partial charge < -0.3 is 11.1 Å². The molecule has 0 aliphatic carbocycles. The third kappa shape index (κ3) is 4.63. The Balaban J connectivity index is 2.72. The van der Waals surface area contributed by atoms with Crippen molar-refractivity contribution >= 4 is 22.4 Å². The SMILES string of the molecule is CCC(C)(C)NC(=O)CS(=O)c1ccc(F)cc1N. The van der Waals surface area contributed by atoms with E-state index in [9.17, 15) is 13.4 Å². The number of benzene rings is 1. The largest absolute Gasteiger partial charge is 0.398 e. The topological polar surface area (TPSA) is 72.2 Å². The molecule has 1 amide bonds. The molecule has 3 N–H and O–H groups in total. The van der Waals surface area contributed by atoms with Crippen molar-refractivity contribution in [1.82, 2.24) is 5.32 Å². The van der Waals surface area contributed by atoms with Gasteiger partial charge in [-0.05, 0) is 38.5 Å². The van der Waals surface area contributed by atoms with E-state index in [-0.39, 0.29) is 27.8 Å². The second-order valence-corrected chi connectivity index (χ2v) is 6.38. The van der Waals surface area contributed by atoms with Crippen LogP contribution >= 0.6 is 0 Å². The third-order valence-corrected chi connectivity index (χ3v) is 4.23. The smallest absolute Gasteiger partial charge is 0.233 e. The van der Waals surface area contributed by atoms with Crippen LogP contribution in [0.15, 0.2) is 23.1 Å². The fourth-order valence-corrected chi connectivity index (χ4v) is 2.43. The molecule has 0 bridgehead atoms. The van der Waals surface area contributed by atoms with Crippen LogP contribution in [0.2, 0.25) is 0 Å². The van der Waals surface area contributed by atoms with Crippen molar-refractivity contribution in [3.8, 4) is 0 Å². The molecule has 0 aliphatic heterocycles. The predicted molar refractivity (Wildman–Crippen MR) is 74.6 cm³/mol. The minimum absolute atomic E-state index is 0.0980. The van der Waals surface area contributed by atoms with Crippen LogP contribution in [-0.4, -0.2) is 21.4 Å². The maximum Gasteiger partial charge on any atom is 0.233 e. The molecule has 1 aromatic rings. The Morgan fingerprint density at radius 2 is 2.11 bits per heavy atom. The van der Waals surface area contributed by atoms with E-state index in [2.05, 4.69) is 5.32 Å². The summed E-state index contributed by atoms with van der Waals surface area (Å²) >= 11 is 0. The van der Waals surface area contributed by atoms with Crippen LogP contribution in [0.25, 0.3) is 0 Å². The zero-order valence-corrected chi connectivity index (χ0v) is 12.1. The molecule has 1 rings (SSSR count). The number of carbonyl (C=O) groups is 1. The number of amides is 1. The van der Waals surface area contributed by atoms with Gasteiger partial charge in [0.05, 0.1) is 21.4 Å². The lowest BCUT2D eigenvalue weighted by atomic mass is 10.0. The van der Waals surface area contributed by atoms with Crippen LogP contribution in [0, 0.1) is 5.82 Å². The molecular formula is C13H19FN2O2S. The van der Waals surface area contributed by atoms with Gasteiger partial charge in [0.25, 0.3) is 0 Å². The van der Waals surface area contributed by atoms with E-state index in [1.54, 1.807) is 0 Å². The standard InChI is InChI=1S/C13H19FN2O2S/c1-4-13(2,3)16-12(17)8-19(18)11-6-5-9(14)7-10(11)15/h5-7H,4,8,15H2,1-3H3,(H,16,17). The highest BCUT2D eigenvalue weighted by Crippen LogP contribution is 2.18. The van der Waals surface area contributed by atoms with Gasteiger partial charge in [0.15, 0.2) is 0 Å². The summed E-state index contributed by atoms with van der Waals surface area (Å²) in [6.45, 7) is 5.73. The molecular weight excluding hydrogens is 267 g/mol. The number of rotatable bonds is 5. The molecule has 0 heterocycles. The van der Waals surface area contributed by atoms with Crippen molar-refractivity contribution in [2.24, 2.45) is 0 Å². The zero-order chi connectivity index (χ0) is 14.6. The van der Waals surface area contributed by atoms with Gasteiger partial charge in [-0.1, -0.05) is 6.92 Å². The number of carbonyl (C=O) groups excluding carboxylic acids is 1. The number of hydrogen-bond acceptors (Lipinski definition) is 3. The Morgan fingerprint density at radius 3 is 2.63 bits per heavy atom. The normalized spacial score (nSPS) is 13.1. The maximum absolute atomic E-state index is 12.9. The summed E-state index contributed by atoms with van der Waals surface area (Å²) < 4.78 is 24.9. The minimum Gasteiger partial charge on any atom is -0.398 e. The summed E-state index contributed by atoms with van der Waals surface area (Å²) in [7, 11) is -1.57. The summed E-state index contributed by atoms with van der Waals surface area (Å²) in [5.41, 5.74) is 5.35. The molecule has 0 spiro atoms. The van der Waals surface area contributed by atoms with Gasteiger partial charge >= 0.3 is 0 Å². The van der Waals surface area contributed by atoms with Crippen LogP contribution in [0.1, 0.15) is 27.2 Å².